The first-order valence-electron chi connectivity index (χ1n) is 19.1. The lowest BCUT2D eigenvalue weighted by Gasteiger charge is -2.37. The zero-order valence-corrected chi connectivity index (χ0v) is 31.1. The molecule has 2 N–H and O–H groups in total. The average molecular weight is 817 g/mol. The van der Waals surface area contributed by atoms with E-state index < -0.39 is 105 Å². The van der Waals surface area contributed by atoms with Crippen molar-refractivity contribution in [3.05, 3.63) is 58.7 Å². The fourth-order valence-electron chi connectivity index (χ4n) is 11.8. The van der Waals surface area contributed by atoms with Gasteiger partial charge in [0.05, 0.1) is 81.5 Å². The lowest BCUT2D eigenvalue weighted by Crippen LogP contribution is -2.51. The molecule has 2 aromatic carbocycles. The van der Waals surface area contributed by atoms with E-state index in [0.717, 1.165) is 24.3 Å². The highest BCUT2D eigenvalue weighted by atomic mass is 19.4. The van der Waals surface area contributed by atoms with Gasteiger partial charge in [0.15, 0.2) is 0 Å². The molecular formula is C40H38F6N4O8. The Bertz CT molecular complexity index is 2040. The van der Waals surface area contributed by atoms with E-state index in [9.17, 15) is 46.1 Å². The van der Waals surface area contributed by atoms with Crippen LogP contribution in [0.15, 0.2) is 36.4 Å². The number of nitrogens with zero attached hydrogens (tertiary/aromatic N) is 4. The number of alkyl halides is 6. The van der Waals surface area contributed by atoms with Crippen molar-refractivity contribution in [2.24, 2.45) is 23.7 Å². The van der Waals surface area contributed by atoms with Gasteiger partial charge in [-0.05, 0) is 75.9 Å². The molecule has 18 heteroatoms. The maximum Gasteiger partial charge on any atom is 0.417 e. The Morgan fingerprint density at radius 2 is 1.07 bits per heavy atom. The van der Waals surface area contributed by atoms with E-state index in [2.05, 4.69) is 0 Å². The first-order chi connectivity index (χ1) is 27.2. The van der Waals surface area contributed by atoms with E-state index in [1.54, 1.807) is 26.0 Å². The van der Waals surface area contributed by atoms with Crippen molar-refractivity contribution in [3.63, 3.8) is 0 Å². The Morgan fingerprint density at radius 3 is 1.41 bits per heavy atom. The standard InChI is InChI=1S/2C20H19F3N2O4/c2*1-18-8-13(26)19(29-18)5-2-6-28-17-15(19)14(18)16(27)25(17)11-4-3-10(9-24)12(7-11)20(21,22)23/h2*3-4,7,13-15,17,26H,2,5-6,8H2,1H3/t2*13-,14+,15?,17-,18+,19-/m10/s1. The molecule has 8 aliphatic rings. The van der Waals surface area contributed by atoms with Crippen LogP contribution < -0.4 is 9.80 Å². The largest absolute Gasteiger partial charge is 0.417 e. The van der Waals surface area contributed by atoms with Crippen molar-refractivity contribution >= 4 is 23.2 Å². The van der Waals surface area contributed by atoms with Gasteiger partial charge in [-0.1, -0.05) is 0 Å². The van der Waals surface area contributed by atoms with Crippen molar-refractivity contribution < 1.29 is 65.1 Å². The number of ether oxygens (including phenoxy) is 4. The van der Waals surface area contributed by atoms with E-state index in [4.69, 9.17) is 29.5 Å². The average Bonchev–Trinajstić information content (AvgIpc) is 3.86. The summed E-state index contributed by atoms with van der Waals surface area (Å²) in [6.45, 7) is 4.19. The number of hydrogen-bond donors (Lipinski definition) is 2. The first kappa shape index (κ1) is 39.2. The summed E-state index contributed by atoms with van der Waals surface area (Å²) >= 11 is 0. The number of aliphatic hydroxyl groups is 2. The van der Waals surface area contributed by atoms with Gasteiger partial charge in [-0.3, -0.25) is 19.4 Å². The number of halogens is 6. The Balaban J connectivity index is 0.000000150. The zero-order chi connectivity index (χ0) is 41.5. The number of fused-ring (bicyclic) bond motifs is 4. The second kappa shape index (κ2) is 12.6. The van der Waals surface area contributed by atoms with Crippen LogP contribution >= 0.6 is 0 Å². The number of benzene rings is 2. The van der Waals surface area contributed by atoms with E-state index in [0.29, 0.717) is 51.7 Å². The van der Waals surface area contributed by atoms with E-state index >= 15 is 0 Å². The van der Waals surface area contributed by atoms with Crippen molar-refractivity contribution in [1.82, 2.24) is 0 Å². The third-order valence-corrected chi connectivity index (χ3v) is 13.9. The number of hydrogen-bond acceptors (Lipinski definition) is 10. The van der Waals surface area contributed by atoms with Gasteiger partial charge in [0.1, 0.15) is 23.7 Å². The van der Waals surface area contributed by atoms with Crippen LogP contribution in [0, 0.1) is 46.3 Å². The SMILES string of the molecule is C[C@@]12C[C@H](O)[C@]3(CCCO[C@H]4C3[C@@H]1C(=O)N4c1ccc(C#N)c(C(F)(F)F)c1)O2.C[C@]12C[C@@H](O)[C@@]3(CCCO[C@@H]4C3[C@H]1C(=O)N4c1ccc(C#N)c(C(F)(F)F)c1)O2. The van der Waals surface area contributed by atoms with Gasteiger partial charge < -0.3 is 29.2 Å². The summed E-state index contributed by atoms with van der Waals surface area (Å²) in [5, 5.41) is 39.5. The third kappa shape index (κ3) is 5.21. The highest BCUT2D eigenvalue weighted by molar-refractivity contribution is 6.01. The molecule has 0 radical (unpaired) electrons. The summed E-state index contributed by atoms with van der Waals surface area (Å²) in [7, 11) is 0. The zero-order valence-electron chi connectivity index (χ0n) is 31.1. The molecule has 12 atom stereocenters. The molecule has 2 unspecified atom stereocenters. The lowest BCUT2D eigenvalue weighted by atomic mass is 9.65. The van der Waals surface area contributed by atoms with Gasteiger partial charge in [-0.2, -0.15) is 36.9 Å². The van der Waals surface area contributed by atoms with Crippen LogP contribution in [0.4, 0.5) is 37.7 Å². The molecule has 0 aliphatic carbocycles. The summed E-state index contributed by atoms with van der Waals surface area (Å²) in [4.78, 5) is 29.3. The van der Waals surface area contributed by atoms with Crippen molar-refractivity contribution in [2.45, 2.75) is 112 Å². The normalized spacial score (nSPS) is 40.7. The van der Waals surface area contributed by atoms with Gasteiger partial charge in [-0.15, -0.1) is 0 Å². The monoisotopic (exact) mass is 816 g/mol. The molecule has 2 aromatic rings. The first-order valence-corrected chi connectivity index (χ1v) is 19.1. The summed E-state index contributed by atoms with van der Waals surface area (Å²) in [6, 6.07) is 9.61. The van der Waals surface area contributed by atoms with Gasteiger partial charge in [0.2, 0.25) is 11.8 Å². The second-order valence-electron chi connectivity index (χ2n) is 17.0. The van der Waals surface area contributed by atoms with Crippen molar-refractivity contribution in [1.29, 1.82) is 10.5 Å². The molecular weight excluding hydrogens is 778 g/mol. The van der Waals surface area contributed by atoms with Gasteiger partial charge in [-0.25, -0.2) is 0 Å². The van der Waals surface area contributed by atoms with Crippen molar-refractivity contribution in [2.75, 3.05) is 23.0 Å². The predicted octanol–water partition coefficient (Wildman–Crippen LogP) is 5.17. The molecule has 8 heterocycles. The molecule has 2 amide bonds. The lowest BCUT2D eigenvalue weighted by molar-refractivity contribution is -0.138. The molecule has 4 bridgehead atoms. The summed E-state index contributed by atoms with van der Waals surface area (Å²) < 4.78 is 105. The minimum atomic E-state index is -4.73. The molecule has 10 rings (SSSR count). The number of carbonyl (C=O) groups is 2. The molecule has 8 aliphatic heterocycles. The van der Waals surface area contributed by atoms with E-state index in [-0.39, 0.29) is 23.2 Å². The van der Waals surface area contributed by atoms with Gasteiger partial charge >= 0.3 is 12.4 Å². The van der Waals surface area contributed by atoms with E-state index in [1.807, 2.05) is 0 Å². The minimum absolute atomic E-state index is 0.0373. The molecule has 12 nitrogen and oxygen atoms in total. The Labute approximate surface area is 327 Å². The highest BCUT2D eigenvalue weighted by Crippen LogP contribution is 2.66. The van der Waals surface area contributed by atoms with Crippen LogP contribution in [0.2, 0.25) is 0 Å². The maximum atomic E-state index is 13.5. The second-order valence-corrected chi connectivity index (χ2v) is 17.0. The van der Waals surface area contributed by atoms with Crippen LogP contribution in [0.3, 0.4) is 0 Å². The van der Waals surface area contributed by atoms with Crippen molar-refractivity contribution in [3.8, 4) is 12.1 Å². The van der Waals surface area contributed by atoms with Crippen LogP contribution in [-0.2, 0) is 40.9 Å². The molecule has 58 heavy (non-hydrogen) atoms. The molecule has 2 spiro atoms. The fourth-order valence-corrected chi connectivity index (χ4v) is 11.8. The van der Waals surface area contributed by atoms with E-state index in [1.165, 1.54) is 21.9 Å². The number of carbonyl (C=O) groups excluding carboxylic acids is 2. The predicted molar refractivity (Wildman–Crippen MR) is 185 cm³/mol. The summed E-state index contributed by atoms with van der Waals surface area (Å²) in [5.74, 6) is -2.85. The Morgan fingerprint density at radius 1 is 0.690 bits per heavy atom. The van der Waals surface area contributed by atoms with Crippen LogP contribution in [0.25, 0.3) is 0 Å². The minimum Gasteiger partial charge on any atom is -0.390 e. The number of rotatable bonds is 2. The fraction of sp³-hybridized carbons (Fsp3) is 0.600. The molecule has 8 fully saturated rings. The number of nitriles is 2. The van der Waals surface area contributed by atoms with Gasteiger partial charge in [0.25, 0.3) is 0 Å². The Kier molecular flexibility index (Phi) is 8.52. The maximum absolute atomic E-state index is 13.5. The number of amides is 2. The van der Waals surface area contributed by atoms with Crippen LogP contribution in [0.1, 0.15) is 74.6 Å². The topological polar surface area (TPSA) is 166 Å². The quantitative estimate of drug-likeness (QED) is 0.387. The summed E-state index contributed by atoms with van der Waals surface area (Å²) in [6.07, 6.45) is -9.68. The smallest absolute Gasteiger partial charge is 0.390 e. The molecule has 0 aromatic heterocycles. The summed E-state index contributed by atoms with van der Waals surface area (Å²) in [5.41, 5.74) is -6.72. The Hall–Kier alpha value is -4.30. The molecule has 0 saturated carbocycles. The molecule has 308 valence electrons. The molecule has 8 saturated heterocycles. The van der Waals surface area contributed by atoms with Crippen LogP contribution in [-0.4, -0.2) is 82.3 Å². The highest BCUT2D eigenvalue weighted by Gasteiger charge is 2.79. The number of aliphatic hydroxyl groups excluding tert-OH is 2. The number of anilines is 2. The van der Waals surface area contributed by atoms with Crippen LogP contribution in [0.5, 0.6) is 0 Å². The van der Waals surface area contributed by atoms with Gasteiger partial charge in [0, 0.05) is 37.4 Å². The third-order valence-electron chi connectivity index (χ3n) is 13.9.